The van der Waals surface area contributed by atoms with E-state index < -0.39 is 6.10 Å². The average Bonchev–Trinajstić information content (AvgIpc) is 3.28. The van der Waals surface area contributed by atoms with Gasteiger partial charge in [0.15, 0.2) is 6.10 Å². The fraction of sp³-hybridized carbons (Fsp3) is 0.561. The monoisotopic (exact) mass is 869 g/mol. The molecule has 0 aromatic rings. The molecule has 0 aliphatic rings. The highest BCUT2D eigenvalue weighted by Crippen LogP contribution is 2.12. The van der Waals surface area contributed by atoms with Crippen LogP contribution in [0.25, 0.3) is 0 Å². The van der Waals surface area contributed by atoms with Gasteiger partial charge in [-0.15, -0.1) is 0 Å². The van der Waals surface area contributed by atoms with E-state index in [-0.39, 0.29) is 31.1 Å². The lowest BCUT2D eigenvalue weighted by atomic mass is 10.1. The summed E-state index contributed by atoms with van der Waals surface area (Å²) in [5, 5.41) is 0. The molecule has 6 heteroatoms. The largest absolute Gasteiger partial charge is 0.462 e. The molecule has 0 saturated heterocycles. The third-order valence-corrected chi connectivity index (χ3v) is 9.81. The molecular weight excluding hydrogens is 781 g/mol. The Bertz CT molecular complexity index is 1420. The van der Waals surface area contributed by atoms with Crippen LogP contribution < -0.4 is 0 Å². The molecule has 63 heavy (non-hydrogen) atoms. The van der Waals surface area contributed by atoms with E-state index >= 15 is 0 Å². The standard InChI is InChI=1S/C57H88O6/c1-4-7-10-13-16-19-22-24-26-28-29-30-32-33-35-38-41-44-47-50-56(59)62-53-54(52-61-55(58)49-46-43-40-37-21-18-15-12-9-6-3)63-57(60)51-48-45-42-39-36-34-31-27-25-23-20-17-14-11-8-5-2/h7-8,10-11,13,15-20,22,24-30,32-33,35,54H,4-6,9,12,14,21,23,31,34,36-53H2,1-3H3/b10-7-,11-8-,16-13-,18-15-,20-17-,22-19-,26-24-,27-25-,29-28+,32-30-,35-33-. The number of carbonyl (C=O) groups excluding carboxylic acids is 3. The molecule has 0 N–H and O–H groups in total. The average molecular weight is 869 g/mol. The second-order valence-electron chi connectivity index (χ2n) is 15.8. The lowest BCUT2D eigenvalue weighted by Gasteiger charge is -2.18. The first kappa shape index (κ1) is 58.6. The van der Waals surface area contributed by atoms with Crippen molar-refractivity contribution in [2.75, 3.05) is 13.2 Å². The van der Waals surface area contributed by atoms with E-state index in [0.29, 0.717) is 19.3 Å². The Labute approximate surface area is 385 Å². The molecule has 0 aromatic carbocycles. The van der Waals surface area contributed by atoms with E-state index in [9.17, 15) is 14.4 Å². The second-order valence-corrected chi connectivity index (χ2v) is 15.8. The predicted octanol–water partition coefficient (Wildman–Crippen LogP) is 16.3. The molecule has 0 heterocycles. The molecule has 352 valence electrons. The summed E-state index contributed by atoms with van der Waals surface area (Å²) < 4.78 is 16.7. The molecule has 0 aromatic heterocycles. The van der Waals surface area contributed by atoms with Crippen LogP contribution in [0.2, 0.25) is 0 Å². The molecule has 0 rings (SSSR count). The van der Waals surface area contributed by atoms with E-state index in [0.717, 1.165) is 122 Å². The maximum atomic E-state index is 12.8. The number of allylic oxidation sites excluding steroid dienone is 22. The Balaban J connectivity index is 4.53. The van der Waals surface area contributed by atoms with Crippen molar-refractivity contribution in [3.05, 3.63) is 134 Å². The van der Waals surface area contributed by atoms with Crippen molar-refractivity contribution in [1.82, 2.24) is 0 Å². The number of carbonyl (C=O) groups is 3. The number of esters is 3. The van der Waals surface area contributed by atoms with Crippen LogP contribution in [0.15, 0.2) is 134 Å². The summed E-state index contributed by atoms with van der Waals surface area (Å²) in [7, 11) is 0. The van der Waals surface area contributed by atoms with Crippen LogP contribution in [0.3, 0.4) is 0 Å². The first-order valence-electron chi connectivity index (χ1n) is 24.8. The molecule has 1 atom stereocenters. The van der Waals surface area contributed by atoms with E-state index in [1.807, 2.05) is 72.9 Å². The van der Waals surface area contributed by atoms with Crippen LogP contribution in [-0.4, -0.2) is 37.2 Å². The molecule has 6 nitrogen and oxygen atoms in total. The van der Waals surface area contributed by atoms with Crippen LogP contribution >= 0.6 is 0 Å². The van der Waals surface area contributed by atoms with Crippen LogP contribution in [0.4, 0.5) is 0 Å². The van der Waals surface area contributed by atoms with Crippen molar-refractivity contribution in [2.24, 2.45) is 0 Å². The van der Waals surface area contributed by atoms with Crippen LogP contribution in [0.1, 0.15) is 188 Å². The molecule has 1 unspecified atom stereocenters. The molecule has 0 saturated carbocycles. The van der Waals surface area contributed by atoms with Gasteiger partial charge in [-0.2, -0.15) is 0 Å². The SMILES string of the molecule is CC\C=C/C=C\C=C/C=C\C=C\C=C/C=C\CCCCCC(=O)OCC(COC(=O)CCCCCC/C=C\CCCC)OC(=O)CCCCCCCC/C=C\C/C=C\C/C=C\CC. The Kier molecular flexibility index (Phi) is 46.7. The summed E-state index contributed by atoms with van der Waals surface area (Å²) in [5.41, 5.74) is 0. The molecule has 0 aliphatic heterocycles. The zero-order valence-corrected chi connectivity index (χ0v) is 40.0. The number of unbranched alkanes of at least 4 members (excludes halogenated alkanes) is 15. The van der Waals surface area contributed by atoms with Crippen molar-refractivity contribution in [3.8, 4) is 0 Å². The van der Waals surface area contributed by atoms with Gasteiger partial charge in [0, 0.05) is 19.3 Å². The van der Waals surface area contributed by atoms with Crippen LogP contribution in [0, 0.1) is 0 Å². The topological polar surface area (TPSA) is 78.9 Å². The number of hydrogen-bond acceptors (Lipinski definition) is 6. The zero-order valence-electron chi connectivity index (χ0n) is 40.0. The van der Waals surface area contributed by atoms with Gasteiger partial charge in [-0.05, 0) is 89.9 Å². The summed E-state index contributed by atoms with van der Waals surface area (Å²) >= 11 is 0. The van der Waals surface area contributed by atoms with Crippen molar-refractivity contribution in [3.63, 3.8) is 0 Å². The number of hydrogen-bond donors (Lipinski definition) is 0. The Hall–Kier alpha value is -4.45. The minimum absolute atomic E-state index is 0.110. The van der Waals surface area contributed by atoms with Gasteiger partial charge in [0.1, 0.15) is 13.2 Å². The molecule has 0 amide bonds. The van der Waals surface area contributed by atoms with Crippen molar-refractivity contribution >= 4 is 17.9 Å². The van der Waals surface area contributed by atoms with Crippen molar-refractivity contribution in [2.45, 2.75) is 194 Å². The molecule has 0 spiro atoms. The van der Waals surface area contributed by atoms with E-state index in [2.05, 4.69) is 81.5 Å². The van der Waals surface area contributed by atoms with E-state index in [4.69, 9.17) is 14.2 Å². The quantitative estimate of drug-likeness (QED) is 0.0200. The summed E-state index contributed by atoms with van der Waals surface area (Å²) in [6.07, 6.45) is 70.0. The van der Waals surface area contributed by atoms with Crippen molar-refractivity contribution in [1.29, 1.82) is 0 Å². The molecule has 0 bridgehead atoms. The Morgan fingerprint density at radius 1 is 0.349 bits per heavy atom. The number of rotatable bonds is 42. The second kappa shape index (κ2) is 50.2. The highest BCUT2D eigenvalue weighted by Gasteiger charge is 2.19. The molecule has 0 radical (unpaired) electrons. The fourth-order valence-corrected chi connectivity index (χ4v) is 6.12. The van der Waals surface area contributed by atoms with E-state index in [1.165, 1.54) is 25.7 Å². The third kappa shape index (κ3) is 48.4. The number of ether oxygens (including phenoxy) is 3. The molecule has 0 aliphatic carbocycles. The fourth-order valence-electron chi connectivity index (χ4n) is 6.12. The van der Waals surface area contributed by atoms with Crippen LogP contribution in [0.5, 0.6) is 0 Å². The maximum Gasteiger partial charge on any atom is 0.306 e. The van der Waals surface area contributed by atoms with Gasteiger partial charge in [-0.3, -0.25) is 14.4 Å². The maximum absolute atomic E-state index is 12.8. The summed E-state index contributed by atoms with van der Waals surface area (Å²) in [4.78, 5) is 37.9. The van der Waals surface area contributed by atoms with Gasteiger partial charge in [0.25, 0.3) is 0 Å². The van der Waals surface area contributed by atoms with Crippen molar-refractivity contribution < 1.29 is 28.6 Å². The minimum atomic E-state index is -0.812. The van der Waals surface area contributed by atoms with Gasteiger partial charge in [-0.25, -0.2) is 0 Å². The first-order chi connectivity index (χ1) is 31.0. The lowest BCUT2D eigenvalue weighted by molar-refractivity contribution is -0.167. The third-order valence-electron chi connectivity index (χ3n) is 9.81. The first-order valence-corrected chi connectivity index (χ1v) is 24.8. The Morgan fingerprint density at radius 3 is 1.19 bits per heavy atom. The predicted molar refractivity (Wildman–Crippen MR) is 269 cm³/mol. The van der Waals surface area contributed by atoms with Gasteiger partial charge < -0.3 is 14.2 Å². The summed E-state index contributed by atoms with van der Waals surface area (Å²) in [5.74, 6) is -0.994. The smallest absolute Gasteiger partial charge is 0.306 e. The van der Waals surface area contributed by atoms with Gasteiger partial charge >= 0.3 is 17.9 Å². The lowest BCUT2D eigenvalue weighted by Crippen LogP contribution is -2.30. The van der Waals surface area contributed by atoms with E-state index in [1.54, 1.807) is 0 Å². The molecule has 0 fully saturated rings. The van der Waals surface area contributed by atoms with Crippen LogP contribution in [-0.2, 0) is 28.6 Å². The summed E-state index contributed by atoms with van der Waals surface area (Å²) in [6.45, 7) is 6.25. The Morgan fingerprint density at radius 2 is 0.698 bits per heavy atom. The normalized spacial score (nSPS) is 13.3. The summed E-state index contributed by atoms with van der Waals surface area (Å²) in [6, 6.07) is 0. The van der Waals surface area contributed by atoms with Gasteiger partial charge in [0.05, 0.1) is 0 Å². The highest BCUT2D eigenvalue weighted by atomic mass is 16.6. The minimum Gasteiger partial charge on any atom is -0.462 e. The highest BCUT2D eigenvalue weighted by molar-refractivity contribution is 5.71. The molecular formula is C57H88O6. The zero-order chi connectivity index (χ0) is 45.8. The van der Waals surface area contributed by atoms with Gasteiger partial charge in [0.2, 0.25) is 0 Å². The van der Waals surface area contributed by atoms with Gasteiger partial charge in [-0.1, -0.05) is 212 Å².